The van der Waals surface area contributed by atoms with Crippen LogP contribution in [0.25, 0.3) is 0 Å². The molecule has 1 aromatic heterocycles. The summed E-state index contributed by atoms with van der Waals surface area (Å²) in [6.45, 7) is 1.21. The molecule has 132 valence electrons. The molecular weight excluding hydrogens is 322 g/mol. The number of hydrogen-bond donors (Lipinski definition) is 1. The molecule has 0 unspecified atom stereocenters. The van der Waals surface area contributed by atoms with Gasteiger partial charge in [0.25, 0.3) is 0 Å². The van der Waals surface area contributed by atoms with E-state index in [1.165, 1.54) is 19.2 Å². The number of hydrogen-bond acceptors (Lipinski definition) is 6. The van der Waals surface area contributed by atoms with Crippen LogP contribution in [0.5, 0.6) is 5.88 Å². The van der Waals surface area contributed by atoms with Gasteiger partial charge in [0, 0.05) is 25.2 Å². The first-order valence-electron chi connectivity index (χ1n) is 8.27. The molecular formula is C18H21N3O4. The molecule has 0 bridgehead atoms. The summed E-state index contributed by atoms with van der Waals surface area (Å²) in [5.74, 6) is 0.812. The van der Waals surface area contributed by atoms with E-state index in [4.69, 9.17) is 4.74 Å². The van der Waals surface area contributed by atoms with Gasteiger partial charge in [0.1, 0.15) is 0 Å². The summed E-state index contributed by atoms with van der Waals surface area (Å²) in [7, 11) is 1.49. The second-order valence-electron chi connectivity index (χ2n) is 6.13. The lowest BCUT2D eigenvalue weighted by Gasteiger charge is -2.34. The molecule has 25 heavy (non-hydrogen) atoms. The summed E-state index contributed by atoms with van der Waals surface area (Å²) < 4.78 is 5.10. The van der Waals surface area contributed by atoms with Crippen molar-refractivity contribution in [1.82, 2.24) is 4.98 Å². The molecule has 1 aliphatic heterocycles. The Kier molecular flexibility index (Phi) is 5.14. The minimum absolute atomic E-state index is 0.0251. The van der Waals surface area contributed by atoms with Crippen LogP contribution in [-0.2, 0) is 0 Å². The standard InChI is InChI=1S/C18H21N3O4/c1-25-16-8-7-15(21(23)24)18(19-16)20-11-9-14(10-12-20)17(22)13-5-3-2-4-6-13/h2-8,14,17,22H,9-12H2,1H3/t17-/m1/s1. The van der Waals surface area contributed by atoms with Crippen LogP contribution >= 0.6 is 0 Å². The SMILES string of the molecule is COc1ccc([N+](=O)[O-])c(N2CCC([C@H](O)c3ccccc3)CC2)n1. The summed E-state index contributed by atoms with van der Waals surface area (Å²) >= 11 is 0. The second kappa shape index (κ2) is 7.48. The fraction of sp³-hybridized carbons (Fsp3) is 0.389. The number of anilines is 1. The van der Waals surface area contributed by atoms with Crippen LogP contribution in [0.15, 0.2) is 42.5 Å². The molecule has 3 rings (SSSR count). The fourth-order valence-electron chi connectivity index (χ4n) is 3.26. The van der Waals surface area contributed by atoms with Crippen molar-refractivity contribution in [3.63, 3.8) is 0 Å². The fourth-order valence-corrected chi connectivity index (χ4v) is 3.26. The number of aliphatic hydroxyl groups excluding tert-OH is 1. The zero-order chi connectivity index (χ0) is 17.8. The van der Waals surface area contributed by atoms with Gasteiger partial charge in [-0.15, -0.1) is 0 Å². The van der Waals surface area contributed by atoms with Crippen LogP contribution in [0.4, 0.5) is 11.5 Å². The van der Waals surface area contributed by atoms with Gasteiger partial charge in [0.15, 0.2) is 0 Å². The Morgan fingerprint density at radius 2 is 1.92 bits per heavy atom. The number of nitro groups is 1. The lowest BCUT2D eigenvalue weighted by Crippen LogP contribution is -2.36. The Labute approximate surface area is 146 Å². The first-order chi connectivity index (χ1) is 12.1. The molecule has 1 fully saturated rings. The van der Waals surface area contributed by atoms with Crippen LogP contribution in [-0.4, -0.2) is 35.2 Å². The molecule has 0 aliphatic carbocycles. The van der Waals surface area contributed by atoms with Crippen LogP contribution in [0, 0.1) is 16.0 Å². The zero-order valence-electron chi connectivity index (χ0n) is 14.0. The molecule has 0 spiro atoms. The lowest BCUT2D eigenvalue weighted by molar-refractivity contribution is -0.384. The van der Waals surface area contributed by atoms with Gasteiger partial charge < -0.3 is 14.7 Å². The highest BCUT2D eigenvalue weighted by molar-refractivity contribution is 5.59. The van der Waals surface area contributed by atoms with Crippen LogP contribution in [0.2, 0.25) is 0 Å². The van der Waals surface area contributed by atoms with Gasteiger partial charge in [-0.3, -0.25) is 10.1 Å². The van der Waals surface area contributed by atoms with E-state index in [9.17, 15) is 15.2 Å². The Balaban J connectivity index is 1.73. The highest BCUT2D eigenvalue weighted by Crippen LogP contribution is 2.35. The van der Waals surface area contributed by atoms with Crippen molar-refractivity contribution in [1.29, 1.82) is 0 Å². The highest BCUT2D eigenvalue weighted by atomic mass is 16.6. The van der Waals surface area contributed by atoms with Crippen molar-refractivity contribution in [3.8, 4) is 5.88 Å². The van der Waals surface area contributed by atoms with E-state index in [2.05, 4.69) is 4.98 Å². The van der Waals surface area contributed by atoms with E-state index in [0.717, 1.165) is 18.4 Å². The summed E-state index contributed by atoms with van der Waals surface area (Å²) in [4.78, 5) is 17.0. The highest BCUT2D eigenvalue weighted by Gasteiger charge is 2.30. The first kappa shape index (κ1) is 17.2. The third kappa shape index (κ3) is 3.71. The van der Waals surface area contributed by atoms with Gasteiger partial charge in [0.2, 0.25) is 11.7 Å². The van der Waals surface area contributed by atoms with Crippen molar-refractivity contribution in [3.05, 3.63) is 58.1 Å². The first-order valence-corrected chi connectivity index (χ1v) is 8.27. The number of piperidine rings is 1. The van der Waals surface area contributed by atoms with Gasteiger partial charge in [-0.2, -0.15) is 4.98 Å². The molecule has 1 N–H and O–H groups in total. The molecule has 1 aromatic carbocycles. The number of nitrogens with zero attached hydrogens (tertiary/aromatic N) is 3. The minimum Gasteiger partial charge on any atom is -0.481 e. The maximum Gasteiger partial charge on any atom is 0.311 e. The summed E-state index contributed by atoms with van der Waals surface area (Å²) in [5, 5.41) is 21.8. The van der Waals surface area contributed by atoms with Gasteiger partial charge in [-0.1, -0.05) is 30.3 Å². The van der Waals surface area contributed by atoms with E-state index in [1.54, 1.807) is 0 Å². The van der Waals surface area contributed by atoms with Crippen LogP contribution in [0.3, 0.4) is 0 Å². The van der Waals surface area contributed by atoms with E-state index in [-0.39, 0.29) is 11.6 Å². The van der Waals surface area contributed by atoms with E-state index in [1.807, 2.05) is 35.2 Å². The lowest BCUT2D eigenvalue weighted by atomic mass is 9.87. The Bertz CT molecular complexity index is 730. The van der Waals surface area contributed by atoms with Crippen molar-refractivity contribution in [2.24, 2.45) is 5.92 Å². The van der Waals surface area contributed by atoms with E-state index in [0.29, 0.717) is 24.8 Å². The minimum atomic E-state index is -0.517. The van der Waals surface area contributed by atoms with E-state index >= 15 is 0 Å². The van der Waals surface area contributed by atoms with E-state index < -0.39 is 11.0 Å². The normalized spacial score (nSPS) is 16.5. The quantitative estimate of drug-likeness (QED) is 0.663. The topological polar surface area (TPSA) is 88.7 Å². The maximum absolute atomic E-state index is 11.3. The number of methoxy groups -OCH3 is 1. The molecule has 0 saturated carbocycles. The van der Waals surface area contributed by atoms with Crippen molar-refractivity contribution >= 4 is 11.5 Å². The summed E-state index contributed by atoms with van der Waals surface area (Å²) in [5.41, 5.74) is 0.884. The van der Waals surface area contributed by atoms with Crippen molar-refractivity contribution in [2.45, 2.75) is 18.9 Å². The summed E-state index contributed by atoms with van der Waals surface area (Å²) in [6, 6.07) is 12.5. The average Bonchev–Trinajstić information content (AvgIpc) is 2.67. The molecule has 2 heterocycles. The number of aliphatic hydroxyl groups is 1. The maximum atomic E-state index is 11.3. The second-order valence-corrected chi connectivity index (χ2v) is 6.13. The molecule has 7 nitrogen and oxygen atoms in total. The third-order valence-electron chi connectivity index (χ3n) is 4.66. The Morgan fingerprint density at radius 3 is 2.52 bits per heavy atom. The molecule has 1 atom stereocenters. The number of ether oxygens (including phenoxy) is 1. The number of rotatable bonds is 5. The zero-order valence-corrected chi connectivity index (χ0v) is 14.0. The summed E-state index contributed by atoms with van der Waals surface area (Å²) in [6.07, 6.45) is 0.967. The van der Waals surface area contributed by atoms with Crippen molar-refractivity contribution in [2.75, 3.05) is 25.1 Å². The van der Waals surface area contributed by atoms with Crippen molar-refractivity contribution < 1.29 is 14.8 Å². The monoisotopic (exact) mass is 343 g/mol. The predicted octanol–water partition coefficient (Wildman–Crippen LogP) is 2.95. The Morgan fingerprint density at radius 1 is 1.24 bits per heavy atom. The smallest absolute Gasteiger partial charge is 0.311 e. The largest absolute Gasteiger partial charge is 0.481 e. The molecule has 0 radical (unpaired) electrons. The molecule has 2 aromatic rings. The van der Waals surface area contributed by atoms with Gasteiger partial charge in [-0.25, -0.2) is 0 Å². The van der Waals surface area contributed by atoms with Crippen LogP contribution < -0.4 is 9.64 Å². The molecule has 0 amide bonds. The number of pyridine rings is 1. The number of aromatic nitrogens is 1. The molecule has 1 aliphatic rings. The Hall–Kier alpha value is -2.67. The molecule has 7 heteroatoms. The predicted molar refractivity (Wildman–Crippen MR) is 93.8 cm³/mol. The number of benzene rings is 1. The third-order valence-corrected chi connectivity index (χ3v) is 4.66. The van der Waals surface area contributed by atoms with Gasteiger partial charge in [0.05, 0.1) is 18.1 Å². The molecule has 1 saturated heterocycles. The van der Waals surface area contributed by atoms with Gasteiger partial charge in [-0.05, 0) is 24.3 Å². The average molecular weight is 343 g/mol. The van der Waals surface area contributed by atoms with Gasteiger partial charge >= 0.3 is 5.69 Å². The van der Waals surface area contributed by atoms with Crippen LogP contribution in [0.1, 0.15) is 24.5 Å².